The second-order valence-corrected chi connectivity index (χ2v) is 8.38. The van der Waals surface area contributed by atoms with Gasteiger partial charge in [-0.1, -0.05) is 18.7 Å². The maximum Gasteiger partial charge on any atom is 0.350 e. The Hall–Kier alpha value is -3.59. The maximum atomic E-state index is 13.0. The molecule has 0 fully saturated rings. The quantitative estimate of drug-likeness (QED) is 0.478. The van der Waals surface area contributed by atoms with Gasteiger partial charge in [0.1, 0.15) is 6.61 Å². The van der Waals surface area contributed by atoms with Crippen LogP contribution in [-0.4, -0.2) is 34.6 Å². The van der Waals surface area contributed by atoms with E-state index >= 15 is 0 Å². The predicted octanol–water partition coefficient (Wildman–Crippen LogP) is 2.54. The van der Waals surface area contributed by atoms with Crippen LogP contribution in [0.15, 0.2) is 71.0 Å². The van der Waals surface area contributed by atoms with Crippen molar-refractivity contribution in [3.05, 3.63) is 88.5 Å². The molecule has 0 aliphatic rings. The summed E-state index contributed by atoms with van der Waals surface area (Å²) in [4.78, 5) is 24.4. The summed E-state index contributed by atoms with van der Waals surface area (Å²) in [6.45, 7) is 7.23. The van der Waals surface area contributed by atoms with Gasteiger partial charge in [0, 0.05) is 0 Å². The SMILES string of the molecule is C=CCOC(=O)c1ccc(S(=O)(=O)n2c(O)cn(-c3ccc(C)c(C)c3)c2=O)cc1. The van der Waals surface area contributed by atoms with Crippen molar-refractivity contribution >= 4 is 16.0 Å². The lowest BCUT2D eigenvalue weighted by atomic mass is 10.1. The van der Waals surface area contributed by atoms with Crippen LogP contribution in [-0.2, 0) is 14.8 Å². The Labute approximate surface area is 173 Å². The fraction of sp³-hybridized carbons (Fsp3) is 0.143. The second-order valence-electron chi connectivity index (χ2n) is 6.59. The van der Waals surface area contributed by atoms with E-state index in [1.165, 1.54) is 30.3 Å². The summed E-state index contributed by atoms with van der Waals surface area (Å²) >= 11 is 0. The van der Waals surface area contributed by atoms with Gasteiger partial charge < -0.3 is 9.84 Å². The first kappa shape index (κ1) is 21.1. The van der Waals surface area contributed by atoms with Crippen LogP contribution in [0, 0.1) is 13.8 Å². The normalized spacial score (nSPS) is 11.3. The standard InChI is InChI=1S/C21H20N2O6S/c1-4-11-29-20(25)16-6-9-18(10-7-16)30(27,28)23-19(24)13-22(21(23)26)17-8-5-14(2)15(3)12-17/h4-10,12-13,24H,1,11H2,2-3H3. The molecular weight excluding hydrogens is 408 g/mol. The molecule has 156 valence electrons. The Morgan fingerprint density at radius 3 is 2.40 bits per heavy atom. The van der Waals surface area contributed by atoms with Gasteiger partial charge in [0.15, 0.2) is 0 Å². The molecule has 0 unspecified atom stereocenters. The molecule has 3 rings (SSSR count). The molecule has 0 bridgehead atoms. The minimum atomic E-state index is -4.40. The number of benzene rings is 2. The number of esters is 1. The van der Waals surface area contributed by atoms with Crippen molar-refractivity contribution < 1.29 is 23.1 Å². The molecule has 0 aliphatic carbocycles. The summed E-state index contributed by atoms with van der Waals surface area (Å²) in [5, 5.41) is 10.2. The van der Waals surface area contributed by atoms with Crippen LogP contribution < -0.4 is 5.69 Å². The summed E-state index contributed by atoms with van der Waals surface area (Å²) in [6, 6.07) is 10.0. The number of aromatic nitrogens is 2. The summed E-state index contributed by atoms with van der Waals surface area (Å²) < 4.78 is 32.2. The number of carbonyl (C=O) groups is 1. The van der Waals surface area contributed by atoms with Crippen LogP contribution in [0.2, 0.25) is 0 Å². The summed E-state index contributed by atoms with van der Waals surface area (Å²) in [6.07, 6.45) is 2.46. The van der Waals surface area contributed by atoms with Crippen LogP contribution >= 0.6 is 0 Å². The van der Waals surface area contributed by atoms with Crippen molar-refractivity contribution in [1.82, 2.24) is 8.54 Å². The Morgan fingerprint density at radius 2 is 1.80 bits per heavy atom. The lowest BCUT2D eigenvalue weighted by Gasteiger charge is -2.07. The third-order valence-electron chi connectivity index (χ3n) is 4.56. The van der Waals surface area contributed by atoms with Crippen molar-refractivity contribution in [1.29, 1.82) is 0 Å². The minimum Gasteiger partial charge on any atom is -0.493 e. The lowest BCUT2D eigenvalue weighted by molar-refractivity contribution is 0.0549. The van der Waals surface area contributed by atoms with Gasteiger partial charge in [-0.2, -0.15) is 0 Å². The molecule has 0 radical (unpaired) electrons. The molecule has 0 spiro atoms. The van der Waals surface area contributed by atoms with E-state index in [0.717, 1.165) is 21.9 Å². The zero-order valence-electron chi connectivity index (χ0n) is 16.4. The molecule has 2 aromatic carbocycles. The number of hydrogen-bond donors (Lipinski definition) is 1. The van der Waals surface area contributed by atoms with Gasteiger partial charge in [-0.05, 0) is 61.4 Å². The molecule has 0 amide bonds. The molecular formula is C21H20N2O6S. The van der Waals surface area contributed by atoms with E-state index in [2.05, 4.69) is 6.58 Å². The second kappa shape index (κ2) is 8.03. The van der Waals surface area contributed by atoms with E-state index in [1.54, 1.807) is 18.2 Å². The molecule has 8 nitrogen and oxygen atoms in total. The van der Waals surface area contributed by atoms with E-state index in [-0.39, 0.29) is 17.1 Å². The molecule has 1 heterocycles. The van der Waals surface area contributed by atoms with E-state index < -0.39 is 27.6 Å². The predicted molar refractivity (Wildman–Crippen MR) is 111 cm³/mol. The number of imidazole rings is 1. The van der Waals surface area contributed by atoms with Gasteiger partial charge in [0.05, 0.1) is 22.3 Å². The average molecular weight is 428 g/mol. The first-order valence-corrected chi connectivity index (χ1v) is 10.4. The topological polar surface area (TPSA) is 108 Å². The Morgan fingerprint density at radius 1 is 1.13 bits per heavy atom. The molecule has 0 saturated heterocycles. The van der Waals surface area contributed by atoms with Crippen molar-refractivity contribution in [3.8, 4) is 11.6 Å². The molecule has 0 saturated carbocycles. The van der Waals surface area contributed by atoms with Crippen LogP contribution in [0.25, 0.3) is 5.69 Å². The van der Waals surface area contributed by atoms with Gasteiger partial charge >= 0.3 is 11.7 Å². The van der Waals surface area contributed by atoms with Gasteiger partial charge in [0.25, 0.3) is 10.0 Å². The highest BCUT2D eigenvalue weighted by atomic mass is 32.2. The molecule has 30 heavy (non-hydrogen) atoms. The van der Waals surface area contributed by atoms with E-state index in [0.29, 0.717) is 9.66 Å². The highest BCUT2D eigenvalue weighted by molar-refractivity contribution is 7.90. The molecule has 0 atom stereocenters. The average Bonchev–Trinajstić information content (AvgIpc) is 3.03. The third-order valence-corrected chi connectivity index (χ3v) is 6.25. The fourth-order valence-electron chi connectivity index (χ4n) is 2.79. The summed E-state index contributed by atoms with van der Waals surface area (Å²) in [7, 11) is -4.40. The summed E-state index contributed by atoms with van der Waals surface area (Å²) in [5.74, 6) is -1.37. The van der Waals surface area contributed by atoms with E-state index in [4.69, 9.17) is 4.74 Å². The van der Waals surface area contributed by atoms with E-state index in [9.17, 15) is 23.1 Å². The molecule has 9 heteroatoms. The highest BCUT2D eigenvalue weighted by Gasteiger charge is 2.26. The minimum absolute atomic E-state index is 0.0220. The number of nitrogens with zero attached hydrogens (tertiary/aromatic N) is 2. The summed E-state index contributed by atoms with van der Waals surface area (Å²) in [5.41, 5.74) is 1.54. The zero-order chi connectivity index (χ0) is 22.1. The first-order chi connectivity index (χ1) is 14.2. The number of rotatable bonds is 6. The zero-order valence-corrected chi connectivity index (χ0v) is 17.2. The van der Waals surface area contributed by atoms with Crippen molar-refractivity contribution in [2.45, 2.75) is 18.7 Å². The smallest absolute Gasteiger partial charge is 0.350 e. The van der Waals surface area contributed by atoms with Crippen molar-refractivity contribution in [3.63, 3.8) is 0 Å². The van der Waals surface area contributed by atoms with Gasteiger partial charge in [-0.15, -0.1) is 3.97 Å². The number of ether oxygens (including phenoxy) is 1. The molecule has 3 aromatic rings. The third kappa shape index (κ3) is 3.79. The lowest BCUT2D eigenvalue weighted by Crippen LogP contribution is -2.29. The van der Waals surface area contributed by atoms with Crippen molar-refractivity contribution in [2.24, 2.45) is 0 Å². The molecule has 0 aliphatic heterocycles. The Bertz CT molecular complexity index is 1280. The monoisotopic (exact) mass is 428 g/mol. The largest absolute Gasteiger partial charge is 0.493 e. The Kier molecular flexibility index (Phi) is 5.66. The highest BCUT2D eigenvalue weighted by Crippen LogP contribution is 2.21. The van der Waals surface area contributed by atoms with Gasteiger partial charge in [0.2, 0.25) is 5.88 Å². The molecule has 1 aromatic heterocycles. The van der Waals surface area contributed by atoms with Crippen LogP contribution in [0.1, 0.15) is 21.5 Å². The Balaban J connectivity index is 2.02. The van der Waals surface area contributed by atoms with Crippen LogP contribution in [0.5, 0.6) is 5.88 Å². The number of aryl methyl sites for hydroxylation is 2. The number of hydrogen-bond acceptors (Lipinski definition) is 6. The fourth-order valence-corrected chi connectivity index (χ4v) is 4.07. The first-order valence-electron chi connectivity index (χ1n) is 8.91. The van der Waals surface area contributed by atoms with Crippen molar-refractivity contribution in [2.75, 3.05) is 6.61 Å². The maximum absolute atomic E-state index is 13.0. The van der Waals surface area contributed by atoms with Crippen LogP contribution in [0.4, 0.5) is 0 Å². The number of aromatic hydroxyl groups is 1. The number of carbonyl (C=O) groups excluding carboxylic acids is 1. The molecule has 1 N–H and O–H groups in total. The van der Waals surface area contributed by atoms with Gasteiger partial charge in [-0.25, -0.2) is 18.0 Å². The van der Waals surface area contributed by atoms with Gasteiger partial charge in [-0.3, -0.25) is 4.57 Å². The van der Waals surface area contributed by atoms with E-state index in [1.807, 2.05) is 13.8 Å². The van der Waals surface area contributed by atoms with Crippen LogP contribution in [0.3, 0.4) is 0 Å².